The number of hydrogen-bond acceptors (Lipinski definition) is 4. The minimum atomic E-state index is -1.16. The Morgan fingerprint density at radius 1 is 1.18 bits per heavy atom. The lowest BCUT2D eigenvalue weighted by molar-refractivity contribution is -0.385. The van der Waals surface area contributed by atoms with E-state index in [0.29, 0.717) is 0 Å². The summed E-state index contributed by atoms with van der Waals surface area (Å²) in [6.07, 6.45) is 0. The van der Waals surface area contributed by atoms with Crippen LogP contribution in [0, 0.1) is 10.1 Å². The van der Waals surface area contributed by atoms with Crippen LogP contribution in [-0.2, 0) is 9.31 Å². The van der Waals surface area contributed by atoms with Crippen molar-refractivity contribution in [2.45, 2.75) is 45.8 Å². The number of nitro groups is 1. The third-order valence-electron chi connectivity index (χ3n) is 4.32. The van der Waals surface area contributed by atoms with E-state index in [9.17, 15) is 14.5 Å². The molecule has 0 radical (unpaired) electrons. The lowest BCUT2D eigenvalue weighted by atomic mass is 9.83. The van der Waals surface area contributed by atoms with E-state index in [0.717, 1.165) is 0 Å². The maximum absolute atomic E-state index is 14.7. The zero-order valence-corrected chi connectivity index (χ0v) is 13.3. The van der Waals surface area contributed by atoms with Crippen molar-refractivity contribution in [1.29, 1.82) is 0 Å². The topological polar surface area (TPSA) is 61.6 Å². The summed E-state index contributed by atoms with van der Waals surface area (Å²) in [5.41, 5.74) is -1.76. The lowest BCUT2D eigenvalue weighted by Gasteiger charge is -2.32. The van der Waals surface area contributed by atoms with Crippen LogP contribution in [0.15, 0.2) is 30.0 Å². The van der Waals surface area contributed by atoms with Gasteiger partial charge in [-0.2, -0.15) is 0 Å². The summed E-state index contributed by atoms with van der Waals surface area (Å²) < 4.78 is 26.0. The number of para-hydroxylation sites is 1. The van der Waals surface area contributed by atoms with Crippen LogP contribution >= 0.6 is 0 Å². The Labute approximate surface area is 129 Å². The lowest BCUT2D eigenvalue weighted by Crippen LogP contribution is -2.41. The summed E-state index contributed by atoms with van der Waals surface area (Å²) in [4.78, 5) is 10.5. The molecule has 1 aromatic carbocycles. The van der Waals surface area contributed by atoms with Gasteiger partial charge in [-0.15, -0.1) is 0 Å². The Kier molecular flexibility index (Phi) is 4.15. The summed E-state index contributed by atoms with van der Waals surface area (Å²) in [6, 6.07) is 6.03. The van der Waals surface area contributed by atoms with E-state index < -0.39 is 29.0 Å². The molecule has 0 aromatic heterocycles. The van der Waals surface area contributed by atoms with Crippen LogP contribution < -0.4 is 0 Å². The standard InChI is InChI=1S/C15H19BFNO4/c1-10(11-8-6-7-9-12(11)18(19)20)13(17)16-21-14(2,3)15(4,5)22-16/h6-9H,1-5H3. The molecule has 0 amide bonds. The highest BCUT2D eigenvalue weighted by molar-refractivity contribution is 6.55. The average Bonchev–Trinajstić information content (AvgIpc) is 2.65. The molecule has 1 aliphatic rings. The SMILES string of the molecule is CC(=C(F)B1OC(C)(C)C(C)(C)O1)c1ccccc1[N+](=O)[O-]. The third-order valence-corrected chi connectivity index (χ3v) is 4.32. The van der Waals surface area contributed by atoms with E-state index in [-0.39, 0.29) is 16.8 Å². The van der Waals surface area contributed by atoms with Crippen LogP contribution in [0.2, 0.25) is 0 Å². The first-order valence-electron chi connectivity index (χ1n) is 7.02. The summed E-state index contributed by atoms with van der Waals surface area (Å²) >= 11 is 0. The Bertz CT molecular complexity index is 626. The molecular formula is C15H19BFNO4. The predicted molar refractivity (Wildman–Crippen MR) is 82.9 cm³/mol. The van der Waals surface area contributed by atoms with Crippen molar-refractivity contribution in [3.05, 3.63) is 45.7 Å². The van der Waals surface area contributed by atoms with Crippen LogP contribution in [0.25, 0.3) is 5.57 Å². The normalized spacial score (nSPS) is 20.7. The van der Waals surface area contributed by atoms with Gasteiger partial charge in [-0.1, -0.05) is 12.1 Å². The van der Waals surface area contributed by atoms with E-state index >= 15 is 0 Å². The maximum atomic E-state index is 14.7. The second-order valence-electron chi connectivity index (χ2n) is 6.34. The number of halogens is 1. The first-order chi connectivity index (χ1) is 10.1. The van der Waals surface area contributed by atoms with Gasteiger partial charge in [-0.3, -0.25) is 10.1 Å². The number of rotatable bonds is 3. The van der Waals surface area contributed by atoms with Gasteiger partial charge in [0.1, 0.15) is 5.73 Å². The van der Waals surface area contributed by atoms with Crippen molar-refractivity contribution >= 4 is 18.4 Å². The van der Waals surface area contributed by atoms with Gasteiger partial charge in [-0.25, -0.2) is 4.39 Å². The van der Waals surface area contributed by atoms with Crippen LogP contribution in [0.3, 0.4) is 0 Å². The molecule has 1 aliphatic heterocycles. The summed E-state index contributed by atoms with van der Waals surface area (Å²) in [5.74, 6) is 0. The number of hydrogen-bond donors (Lipinski definition) is 0. The molecule has 1 saturated heterocycles. The Hall–Kier alpha value is -1.73. The highest BCUT2D eigenvalue weighted by Crippen LogP contribution is 2.40. The van der Waals surface area contributed by atoms with Crippen molar-refractivity contribution in [2.24, 2.45) is 0 Å². The molecule has 7 heteroatoms. The van der Waals surface area contributed by atoms with Crippen LogP contribution in [0.1, 0.15) is 40.2 Å². The molecule has 0 N–H and O–H groups in total. The van der Waals surface area contributed by atoms with Crippen LogP contribution in [0.4, 0.5) is 10.1 Å². The molecule has 0 aliphatic carbocycles. The number of nitro benzene ring substituents is 1. The Balaban J connectivity index is 2.42. The van der Waals surface area contributed by atoms with Gasteiger partial charge in [0, 0.05) is 6.07 Å². The second-order valence-corrected chi connectivity index (χ2v) is 6.34. The molecule has 0 saturated carbocycles. The molecule has 0 atom stereocenters. The molecule has 0 bridgehead atoms. The zero-order chi connectivity index (χ0) is 16.7. The van der Waals surface area contributed by atoms with Crippen molar-refractivity contribution in [1.82, 2.24) is 0 Å². The van der Waals surface area contributed by atoms with Crippen molar-refractivity contribution < 1.29 is 18.6 Å². The van der Waals surface area contributed by atoms with Gasteiger partial charge < -0.3 is 9.31 Å². The highest BCUT2D eigenvalue weighted by Gasteiger charge is 2.53. The molecule has 118 valence electrons. The van der Waals surface area contributed by atoms with Gasteiger partial charge in [0.05, 0.1) is 21.7 Å². The molecule has 1 heterocycles. The molecule has 1 fully saturated rings. The van der Waals surface area contributed by atoms with Gasteiger partial charge in [0.2, 0.25) is 0 Å². The van der Waals surface area contributed by atoms with E-state index in [2.05, 4.69) is 0 Å². The smallest absolute Gasteiger partial charge is 0.398 e. The van der Waals surface area contributed by atoms with Gasteiger partial charge in [0.15, 0.2) is 0 Å². The first-order valence-corrected chi connectivity index (χ1v) is 7.02. The van der Waals surface area contributed by atoms with Gasteiger partial charge in [0.25, 0.3) is 5.69 Å². The largest absolute Gasteiger partial charge is 0.525 e. The summed E-state index contributed by atoms with van der Waals surface area (Å²) in [7, 11) is -1.16. The second kappa shape index (κ2) is 5.48. The van der Waals surface area contributed by atoms with Gasteiger partial charge >= 0.3 is 7.12 Å². The van der Waals surface area contributed by atoms with Crippen molar-refractivity contribution in [3.8, 4) is 0 Å². The van der Waals surface area contributed by atoms with Gasteiger partial charge in [-0.05, 0) is 46.3 Å². The Morgan fingerprint density at radius 2 is 1.68 bits per heavy atom. The number of benzene rings is 1. The highest BCUT2D eigenvalue weighted by atomic mass is 19.1. The van der Waals surface area contributed by atoms with Crippen molar-refractivity contribution in [3.63, 3.8) is 0 Å². The van der Waals surface area contributed by atoms with E-state index in [1.807, 2.05) is 27.7 Å². The molecular weight excluding hydrogens is 288 g/mol. The number of allylic oxidation sites excluding steroid dienone is 1. The van der Waals surface area contributed by atoms with E-state index in [1.165, 1.54) is 19.1 Å². The zero-order valence-electron chi connectivity index (χ0n) is 13.3. The van der Waals surface area contributed by atoms with Crippen LogP contribution in [-0.4, -0.2) is 23.2 Å². The molecule has 0 spiro atoms. The molecule has 1 aromatic rings. The fourth-order valence-corrected chi connectivity index (χ4v) is 2.20. The fourth-order valence-electron chi connectivity index (χ4n) is 2.20. The molecule has 0 unspecified atom stereocenters. The van der Waals surface area contributed by atoms with E-state index in [1.54, 1.807) is 12.1 Å². The monoisotopic (exact) mass is 307 g/mol. The minimum Gasteiger partial charge on any atom is -0.398 e. The maximum Gasteiger partial charge on any atom is 0.525 e. The summed E-state index contributed by atoms with van der Waals surface area (Å²) in [5, 5.41) is 11.1. The van der Waals surface area contributed by atoms with Crippen LogP contribution in [0.5, 0.6) is 0 Å². The molecule has 5 nitrogen and oxygen atoms in total. The molecule has 2 rings (SSSR count). The Morgan fingerprint density at radius 3 is 2.18 bits per heavy atom. The molecule has 22 heavy (non-hydrogen) atoms. The first kappa shape index (κ1) is 16.6. The quantitative estimate of drug-likeness (QED) is 0.482. The third kappa shape index (κ3) is 2.78. The fraction of sp³-hybridized carbons (Fsp3) is 0.467. The predicted octanol–water partition coefficient (Wildman–Crippen LogP) is 3.93. The van der Waals surface area contributed by atoms with Crippen molar-refractivity contribution in [2.75, 3.05) is 0 Å². The average molecular weight is 307 g/mol. The van der Waals surface area contributed by atoms with E-state index in [4.69, 9.17) is 9.31 Å². The minimum absolute atomic E-state index is 0.144. The summed E-state index contributed by atoms with van der Waals surface area (Å²) in [6.45, 7) is 8.77. The number of nitrogens with zero attached hydrogens (tertiary/aromatic N) is 1.